The van der Waals surface area contributed by atoms with E-state index in [9.17, 15) is 4.79 Å². The molecule has 2 heterocycles. The molecule has 2 saturated heterocycles. The van der Waals surface area contributed by atoms with E-state index >= 15 is 0 Å². The van der Waals surface area contributed by atoms with Crippen LogP contribution in [-0.4, -0.2) is 73.2 Å². The molecule has 1 N–H and O–H groups in total. The minimum absolute atomic E-state index is 0.00358. The Kier molecular flexibility index (Phi) is 5.04. The van der Waals surface area contributed by atoms with Gasteiger partial charge in [0.25, 0.3) is 0 Å². The van der Waals surface area contributed by atoms with Crippen LogP contribution in [0.25, 0.3) is 0 Å². The van der Waals surface area contributed by atoms with Gasteiger partial charge in [0.05, 0.1) is 19.1 Å². The zero-order valence-corrected chi connectivity index (χ0v) is 13.3. The molecule has 2 unspecified atom stereocenters. The van der Waals surface area contributed by atoms with E-state index < -0.39 is 0 Å². The number of hydrogen-bond acceptors (Lipinski definition) is 4. The topological polar surface area (TPSA) is 44.8 Å². The maximum Gasteiger partial charge on any atom is 0.229 e. The van der Waals surface area contributed by atoms with Crippen LogP contribution in [0.3, 0.4) is 0 Å². The van der Waals surface area contributed by atoms with Crippen molar-refractivity contribution in [3.8, 4) is 0 Å². The highest BCUT2D eigenvalue weighted by molar-refractivity contribution is 5.80. The van der Waals surface area contributed by atoms with Gasteiger partial charge in [0, 0.05) is 37.8 Å². The minimum Gasteiger partial charge on any atom is -0.379 e. The first kappa shape index (κ1) is 15.7. The molecule has 1 amide bonds. The molecule has 0 aromatic heterocycles. The predicted molar refractivity (Wildman–Crippen MR) is 79.7 cm³/mol. The first-order valence-corrected chi connectivity index (χ1v) is 7.78. The number of nitrogens with zero attached hydrogens (tertiary/aromatic N) is 2. The van der Waals surface area contributed by atoms with E-state index in [-0.39, 0.29) is 23.4 Å². The zero-order chi connectivity index (χ0) is 14.8. The Labute approximate surface area is 122 Å². The predicted octanol–water partition coefficient (Wildman–Crippen LogP) is 0.554. The molecule has 5 nitrogen and oxygen atoms in total. The fourth-order valence-corrected chi connectivity index (χ4v) is 3.09. The Balaban J connectivity index is 1.88. The summed E-state index contributed by atoms with van der Waals surface area (Å²) < 4.78 is 5.49. The second-order valence-electron chi connectivity index (χ2n) is 6.79. The first-order chi connectivity index (χ1) is 9.43. The van der Waals surface area contributed by atoms with Gasteiger partial charge in [-0.15, -0.1) is 0 Å². The fraction of sp³-hybridized carbons (Fsp3) is 0.933. The minimum atomic E-state index is -0.00358. The Bertz CT molecular complexity index is 333. The third kappa shape index (κ3) is 3.51. The third-order valence-corrected chi connectivity index (χ3v) is 4.40. The van der Waals surface area contributed by atoms with Crippen LogP contribution in [-0.2, 0) is 9.53 Å². The molecule has 0 bridgehead atoms. The Morgan fingerprint density at radius 3 is 2.40 bits per heavy atom. The highest BCUT2D eigenvalue weighted by atomic mass is 16.5. The lowest BCUT2D eigenvalue weighted by atomic mass is 10.0. The number of carbonyl (C=O) groups excluding carboxylic acids is 1. The summed E-state index contributed by atoms with van der Waals surface area (Å²) in [7, 11) is 0. The monoisotopic (exact) mass is 283 g/mol. The highest BCUT2D eigenvalue weighted by Crippen LogP contribution is 2.20. The van der Waals surface area contributed by atoms with Crippen LogP contribution in [0.15, 0.2) is 0 Å². The van der Waals surface area contributed by atoms with Crippen LogP contribution in [0.2, 0.25) is 0 Å². The molecule has 0 radical (unpaired) electrons. The van der Waals surface area contributed by atoms with Crippen molar-refractivity contribution in [2.24, 2.45) is 5.92 Å². The van der Waals surface area contributed by atoms with Crippen molar-refractivity contribution in [3.63, 3.8) is 0 Å². The maximum absolute atomic E-state index is 12.6. The lowest BCUT2D eigenvalue weighted by molar-refractivity contribution is -0.138. The largest absolute Gasteiger partial charge is 0.379 e. The fourth-order valence-electron chi connectivity index (χ4n) is 3.09. The van der Waals surface area contributed by atoms with Gasteiger partial charge >= 0.3 is 0 Å². The number of hydrogen-bond donors (Lipinski definition) is 1. The second-order valence-corrected chi connectivity index (χ2v) is 6.79. The van der Waals surface area contributed by atoms with E-state index in [0.717, 1.165) is 32.7 Å². The van der Waals surface area contributed by atoms with Crippen molar-refractivity contribution in [1.29, 1.82) is 0 Å². The molecule has 116 valence electrons. The summed E-state index contributed by atoms with van der Waals surface area (Å²) >= 11 is 0. The van der Waals surface area contributed by atoms with E-state index in [4.69, 9.17) is 4.74 Å². The van der Waals surface area contributed by atoms with Crippen LogP contribution in [0.5, 0.6) is 0 Å². The molecular weight excluding hydrogens is 254 g/mol. The van der Waals surface area contributed by atoms with Crippen molar-refractivity contribution in [2.45, 2.75) is 39.3 Å². The van der Waals surface area contributed by atoms with E-state index in [1.165, 1.54) is 0 Å². The lowest BCUT2D eigenvalue weighted by Crippen LogP contribution is -2.56. The van der Waals surface area contributed by atoms with Gasteiger partial charge in [-0.2, -0.15) is 0 Å². The summed E-state index contributed by atoms with van der Waals surface area (Å²) in [6.07, 6.45) is 0. The molecule has 20 heavy (non-hydrogen) atoms. The van der Waals surface area contributed by atoms with Gasteiger partial charge in [-0.25, -0.2) is 0 Å². The number of amides is 1. The van der Waals surface area contributed by atoms with Gasteiger partial charge in [0.15, 0.2) is 0 Å². The van der Waals surface area contributed by atoms with Crippen molar-refractivity contribution >= 4 is 5.91 Å². The Morgan fingerprint density at radius 2 is 1.85 bits per heavy atom. The van der Waals surface area contributed by atoms with Gasteiger partial charge in [-0.1, -0.05) is 6.92 Å². The van der Waals surface area contributed by atoms with Crippen LogP contribution >= 0.6 is 0 Å². The molecule has 5 heteroatoms. The van der Waals surface area contributed by atoms with Gasteiger partial charge in [-0.3, -0.25) is 9.69 Å². The molecule has 2 rings (SSSR count). The molecule has 0 aromatic rings. The van der Waals surface area contributed by atoms with Crippen LogP contribution < -0.4 is 5.32 Å². The van der Waals surface area contributed by atoms with Crippen LogP contribution in [0.1, 0.15) is 27.7 Å². The summed E-state index contributed by atoms with van der Waals surface area (Å²) in [5.74, 6) is 0.262. The summed E-state index contributed by atoms with van der Waals surface area (Å²) in [6, 6.07) is 0.188. The summed E-state index contributed by atoms with van der Waals surface area (Å²) in [5, 5.41) is 3.36. The standard InChI is InChI=1S/C15H29N3O2/c1-5-16-13-11-20-10-12(13)14(19)17-6-8-18(9-7-17)15(2,3)4/h12-13,16H,5-11H2,1-4H3. The molecule has 2 atom stereocenters. The molecule has 0 aromatic carbocycles. The maximum atomic E-state index is 12.6. The number of piperazine rings is 1. The normalized spacial score (nSPS) is 28.9. The number of likely N-dealkylation sites (N-methyl/N-ethyl adjacent to an activating group) is 1. The van der Waals surface area contributed by atoms with E-state index in [2.05, 4.69) is 37.9 Å². The number of carbonyl (C=O) groups is 1. The number of rotatable bonds is 3. The molecule has 0 aliphatic carbocycles. The number of ether oxygens (including phenoxy) is 1. The Morgan fingerprint density at radius 1 is 1.20 bits per heavy atom. The first-order valence-electron chi connectivity index (χ1n) is 7.78. The van der Waals surface area contributed by atoms with Crippen molar-refractivity contribution in [2.75, 3.05) is 45.9 Å². The second kappa shape index (κ2) is 6.41. The summed E-state index contributed by atoms with van der Waals surface area (Å²) in [4.78, 5) is 17.1. The van der Waals surface area contributed by atoms with Gasteiger partial charge in [0.1, 0.15) is 0 Å². The van der Waals surface area contributed by atoms with Crippen LogP contribution in [0, 0.1) is 5.92 Å². The molecule has 2 aliphatic heterocycles. The van der Waals surface area contributed by atoms with Crippen molar-refractivity contribution < 1.29 is 9.53 Å². The van der Waals surface area contributed by atoms with Gasteiger partial charge in [0.2, 0.25) is 5.91 Å². The van der Waals surface area contributed by atoms with Crippen molar-refractivity contribution in [3.05, 3.63) is 0 Å². The molecule has 2 aliphatic rings. The smallest absolute Gasteiger partial charge is 0.229 e. The quantitative estimate of drug-likeness (QED) is 0.822. The van der Waals surface area contributed by atoms with E-state index in [1.54, 1.807) is 0 Å². The van der Waals surface area contributed by atoms with Crippen molar-refractivity contribution in [1.82, 2.24) is 15.1 Å². The molecular formula is C15H29N3O2. The average molecular weight is 283 g/mol. The highest BCUT2D eigenvalue weighted by Gasteiger charge is 2.37. The Hall–Kier alpha value is -0.650. The average Bonchev–Trinajstić information content (AvgIpc) is 2.86. The zero-order valence-electron chi connectivity index (χ0n) is 13.3. The SMILES string of the molecule is CCNC1COCC1C(=O)N1CCN(C(C)(C)C)CC1. The third-order valence-electron chi connectivity index (χ3n) is 4.40. The molecule has 0 saturated carbocycles. The van der Waals surface area contributed by atoms with E-state index in [0.29, 0.717) is 13.2 Å². The van der Waals surface area contributed by atoms with Gasteiger partial charge < -0.3 is 15.0 Å². The molecule has 2 fully saturated rings. The van der Waals surface area contributed by atoms with Crippen LogP contribution in [0.4, 0.5) is 0 Å². The van der Waals surface area contributed by atoms with E-state index in [1.807, 2.05) is 4.90 Å². The van der Waals surface area contributed by atoms with Gasteiger partial charge in [-0.05, 0) is 27.3 Å². The summed E-state index contributed by atoms with van der Waals surface area (Å²) in [5.41, 5.74) is 0.192. The molecule has 0 spiro atoms. The lowest BCUT2D eigenvalue weighted by Gasteiger charge is -2.43. The number of nitrogens with one attached hydrogen (secondary N) is 1. The summed E-state index contributed by atoms with van der Waals surface area (Å²) in [6.45, 7) is 14.5.